The normalized spacial score (nSPS) is 11.0. The van der Waals surface area contributed by atoms with Gasteiger partial charge in [0.25, 0.3) is 0 Å². The summed E-state index contributed by atoms with van der Waals surface area (Å²) in [6.45, 7) is 4.19. The number of nitrogens with one attached hydrogen (secondary N) is 1. The highest BCUT2D eigenvalue weighted by Crippen LogP contribution is 2.21. The van der Waals surface area contributed by atoms with Crippen LogP contribution in [0.1, 0.15) is 30.9 Å². The van der Waals surface area contributed by atoms with E-state index in [1.54, 1.807) is 0 Å². The Morgan fingerprint density at radius 3 is 2.40 bits per heavy atom. The predicted octanol–water partition coefficient (Wildman–Crippen LogP) is 1.96. The minimum absolute atomic E-state index is 0.116. The van der Waals surface area contributed by atoms with Crippen LogP contribution in [0.3, 0.4) is 0 Å². The molecule has 0 aliphatic carbocycles. The molecule has 1 N–H and O–H groups in total. The molecule has 15 heavy (non-hydrogen) atoms. The summed E-state index contributed by atoms with van der Waals surface area (Å²) < 4.78 is 21.3. The fourth-order valence-corrected chi connectivity index (χ4v) is 1.92. The molecule has 3 nitrogen and oxygen atoms in total. The first-order valence-electron chi connectivity index (χ1n) is 4.96. The van der Waals surface area contributed by atoms with Gasteiger partial charge in [-0.1, -0.05) is 19.9 Å². The lowest BCUT2D eigenvalue weighted by Crippen LogP contribution is -1.97. The molecular formula is C11H17NO2S. The number of benzene rings is 1. The van der Waals surface area contributed by atoms with Crippen molar-refractivity contribution in [3.63, 3.8) is 0 Å². The maximum Gasteiger partial charge on any atom is 0.144 e. The molecule has 84 valence electrons. The van der Waals surface area contributed by atoms with E-state index in [2.05, 4.69) is 19.2 Å². The fraction of sp³-hybridized carbons (Fsp3) is 0.455. The van der Waals surface area contributed by atoms with Crippen molar-refractivity contribution in [2.75, 3.05) is 12.4 Å². The van der Waals surface area contributed by atoms with Crippen molar-refractivity contribution in [2.45, 2.75) is 25.5 Å². The summed E-state index contributed by atoms with van der Waals surface area (Å²) in [6.07, 6.45) is 0. The SMILES string of the molecule is CNc1cc(C[SH](=O)=O)cc(C(C)C)c1. The van der Waals surface area contributed by atoms with Crippen molar-refractivity contribution >= 4 is 16.4 Å². The van der Waals surface area contributed by atoms with Crippen LogP contribution < -0.4 is 5.32 Å². The molecule has 0 fully saturated rings. The molecule has 0 amide bonds. The molecule has 1 aromatic rings. The lowest BCUT2D eigenvalue weighted by Gasteiger charge is -2.10. The summed E-state index contributed by atoms with van der Waals surface area (Å²) in [5, 5.41) is 3.04. The number of hydrogen-bond donors (Lipinski definition) is 2. The van der Waals surface area contributed by atoms with E-state index in [4.69, 9.17) is 0 Å². The lowest BCUT2D eigenvalue weighted by molar-refractivity contribution is 0.614. The largest absolute Gasteiger partial charge is 0.388 e. The van der Waals surface area contributed by atoms with Gasteiger partial charge in [-0.25, -0.2) is 8.42 Å². The van der Waals surface area contributed by atoms with Gasteiger partial charge in [-0.15, -0.1) is 0 Å². The van der Waals surface area contributed by atoms with E-state index in [0.717, 1.165) is 16.8 Å². The standard InChI is InChI=1S/C11H17NO2S/c1-8(2)10-4-9(7-15(13)14)5-11(6-10)12-3/h4-6,8,12,15H,7H2,1-3H3. The molecule has 4 heteroatoms. The molecule has 0 saturated heterocycles. The van der Waals surface area contributed by atoms with Gasteiger partial charge < -0.3 is 5.32 Å². The zero-order valence-corrected chi connectivity index (χ0v) is 10.2. The van der Waals surface area contributed by atoms with Crippen molar-refractivity contribution < 1.29 is 8.42 Å². The molecule has 1 rings (SSSR count). The summed E-state index contributed by atoms with van der Waals surface area (Å²) in [7, 11) is -0.520. The summed E-state index contributed by atoms with van der Waals surface area (Å²) in [6, 6.07) is 5.87. The molecule has 0 aromatic heterocycles. The zero-order valence-electron chi connectivity index (χ0n) is 9.28. The molecule has 0 radical (unpaired) electrons. The van der Waals surface area contributed by atoms with Gasteiger partial charge in [0.15, 0.2) is 0 Å². The van der Waals surface area contributed by atoms with E-state index < -0.39 is 10.7 Å². The van der Waals surface area contributed by atoms with Gasteiger partial charge in [0.1, 0.15) is 10.7 Å². The number of rotatable bonds is 4. The van der Waals surface area contributed by atoms with Crippen molar-refractivity contribution in [3.8, 4) is 0 Å². The molecule has 0 heterocycles. The van der Waals surface area contributed by atoms with E-state index >= 15 is 0 Å². The highest BCUT2D eigenvalue weighted by atomic mass is 32.2. The van der Waals surface area contributed by atoms with Gasteiger partial charge in [-0.3, -0.25) is 0 Å². The van der Waals surface area contributed by atoms with E-state index in [-0.39, 0.29) is 5.75 Å². The Labute approximate surface area is 92.5 Å². The van der Waals surface area contributed by atoms with Crippen LogP contribution in [-0.4, -0.2) is 15.5 Å². The van der Waals surface area contributed by atoms with Crippen molar-refractivity contribution in [2.24, 2.45) is 0 Å². The summed E-state index contributed by atoms with van der Waals surface area (Å²) in [5.74, 6) is 0.520. The maximum absolute atomic E-state index is 10.7. The van der Waals surface area contributed by atoms with E-state index in [0.29, 0.717) is 5.92 Å². The molecule has 0 atom stereocenters. The van der Waals surface area contributed by atoms with Gasteiger partial charge in [0, 0.05) is 12.7 Å². The highest BCUT2D eigenvalue weighted by molar-refractivity contribution is 7.71. The highest BCUT2D eigenvalue weighted by Gasteiger charge is 2.04. The first-order valence-corrected chi connectivity index (χ1v) is 6.32. The number of thiol groups is 1. The average Bonchev–Trinajstić information content (AvgIpc) is 2.16. The Morgan fingerprint density at radius 2 is 1.93 bits per heavy atom. The van der Waals surface area contributed by atoms with Gasteiger partial charge in [-0.2, -0.15) is 0 Å². The monoisotopic (exact) mass is 227 g/mol. The zero-order chi connectivity index (χ0) is 11.4. The first kappa shape index (κ1) is 12.0. The van der Waals surface area contributed by atoms with Crippen molar-refractivity contribution in [3.05, 3.63) is 29.3 Å². The smallest absolute Gasteiger partial charge is 0.144 e. The summed E-state index contributed by atoms with van der Waals surface area (Å²) >= 11 is 0. The van der Waals surface area contributed by atoms with Crippen molar-refractivity contribution in [1.82, 2.24) is 0 Å². The molecule has 0 saturated carbocycles. The third kappa shape index (κ3) is 3.55. The van der Waals surface area contributed by atoms with Crippen molar-refractivity contribution in [1.29, 1.82) is 0 Å². The maximum atomic E-state index is 10.7. The lowest BCUT2D eigenvalue weighted by atomic mass is 10.0. The van der Waals surface area contributed by atoms with E-state index in [9.17, 15) is 8.42 Å². The van der Waals surface area contributed by atoms with E-state index in [1.807, 2.05) is 25.2 Å². The van der Waals surface area contributed by atoms with Crippen LogP contribution in [0.4, 0.5) is 5.69 Å². The summed E-state index contributed by atoms with van der Waals surface area (Å²) in [5.41, 5.74) is 2.98. The number of anilines is 1. The second-order valence-electron chi connectivity index (χ2n) is 3.86. The van der Waals surface area contributed by atoms with Gasteiger partial charge in [0.05, 0.1) is 5.75 Å². The Balaban J connectivity index is 3.10. The second-order valence-corrected chi connectivity index (χ2v) is 4.84. The summed E-state index contributed by atoms with van der Waals surface area (Å²) in [4.78, 5) is 0. The third-order valence-electron chi connectivity index (χ3n) is 2.28. The van der Waals surface area contributed by atoms with Gasteiger partial charge in [0.2, 0.25) is 0 Å². The quantitative estimate of drug-likeness (QED) is 0.773. The van der Waals surface area contributed by atoms with Crippen LogP contribution in [0.5, 0.6) is 0 Å². The predicted molar refractivity (Wildman–Crippen MR) is 64.1 cm³/mol. The molecule has 0 bridgehead atoms. The van der Waals surface area contributed by atoms with Crippen LogP contribution in [0.2, 0.25) is 0 Å². The first-order chi connectivity index (χ1) is 7.02. The average molecular weight is 227 g/mol. The second kappa shape index (κ2) is 5.16. The number of hydrogen-bond acceptors (Lipinski definition) is 3. The third-order valence-corrected chi connectivity index (χ3v) is 2.91. The van der Waals surface area contributed by atoms with Gasteiger partial charge in [-0.05, 0) is 29.2 Å². The van der Waals surface area contributed by atoms with Gasteiger partial charge >= 0.3 is 0 Å². The Morgan fingerprint density at radius 1 is 1.27 bits per heavy atom. The van der Waals surface area contributed by atoms with E-state index in [1.165, 1.54) is 0 Å². The molecule has 0 spiro atoms. The van der Waals surface area contributed by atoms with Crippen LogP contribution >= 0.6 is 0 Å². The molecule has 0 unspecified atom stereocenters. The molecule has 0 aliphatic rings. The minimum atomic E-state index is -2.35. The van der Waals surface area contributed by atoms with Crippen LogP contribution in [-0.2, 0) is 16.5 Å². The molecule has 0 aliphatic heterocycles. The fourth-order valence-electron chi connectivity index (χ4n) is 1.44. The Kier molecular flexibility index (Phi) is 4.15. The van der Waals surface area contributed by atoms with Crippen LogP contribution in [0.25, 0.3) is 0 Å². The van der Waals surface area contributed by atoms with Crippen LogP contribution in [0, 0.1) is 0 Å². The topological polar surface area (TPSA) is 46.2 Å². The minimum Gasteiger partial charge on any atom is -0.388 e. The molecule has 1 aromatic carbocycles. The Hall–Kier alpha value is -1.03. The molecular weight excluding hydrogens is 210 g/mol. The van der Waals surface area contributed by atoms with Crippen LogP contribution in [0.15, 0.2) is 18.2 Å². The Bertz CT molecular complexity index is 403.